The van der Waals surface area contributed by atoms with Crippen molar-refractivity contribution >= 4 is 28.7 Å². The molecule has 0 bridgehead atoms. The molecule has 0 aliphatic heterocycles. The van der Waals surface area contributed by atoms with Crippen molar-refractivity contribution in [2.45, 2.75) is 19.8 Å². The van der Waals surface area contributed by atoms with Crippen molar-refractivity contribution < 1.29 is 14.7 Å². The van der Waals surface area contributed by atoms with E-state index in [-0.39, 0.29) is 12.3 Å². The van der Waals surface area contributed by atoms with E-state index in [9.17, 15) is 9.59 Å². The molecule has 2 amide bonds. The maximum absolute atomic E-state index is 11.3. The second-order valence-electron chi connectivity index (χ2n) is 3.54. The molecule has 0 saturated carbocycles. The zero-order chi connectivity index (χ0) is 12.7. The summed E-state index contributed by atoms with van der Waals surface area (Å²) in [4.78, 5) is 21.7. The number of nitrogens with one attached hydrogen (secondary N) is 2. The Morgan fingerprint density at radius 2 is 2.29 bits per heavy atom. The summed E-state index contributed by atoms with van der Waals surface area (Å²) < 4.78 is 3.49. The maximum atomic E-state index is 11.3. The summed E-state index contributed by atoms with van der Waals surface area (Å²) in [6.07, 6.45) is 0.626. The molecule has 9 heteroatoms. The van der Waals surface area contributed by atoms with Gasteiger partial charge in [-0.1, -0.05) is 16.5 Å². The summed E-state index contributed by atoms with van der Waals surface area (Å²) in [6, 6.07) is -0.397. The molecule has 0 saturated heterocycles. The van der Waals surface area contributed by atoms with Gasteiger partial charge in [-0.15, -0.1) is 0 Å². The molecule has 1 unspecified atom stereocenters. The summed E-state index contributed by atoms with van der Waals surface area (Å²) in [5.41, 5.74) is 0. The number of rotatable bonds is 6. The van der Waals surface area contributed by atoms with Crippen LogP contribution in [0.3, 0.4) is 0 Å². The predicted octanol–water partition coefficient (Wildman–Crippen LogP) is 0.555. The third-order valence-electron chi connectivity index (χ3n) is 1.98. The molecule has 0 fully saturated rings. The van der Waals surface area contributed by atoms with Gasteiger partial charge in [0, 0.05) is 24.5 Å². The Morgan fingerprint density at radius 1 is 1.53 bits per heavy atom. The van der Waals surface area contributed by atoms with Gasteiger partial charge in [0.15, 0.2) is 0 Å². The molecule has 1 aromatic rings. The molecule has 17 heavy (non-hydrogen) atoms. The van der Waals surface area contributed by atoms with Crippen molar-refractivity contribution in [3.63, 3.8) is 0 Å². The van der Waals surface area contributed by atoms with E-state index in [1.165, 1.54) is 0 Å². The first kappa shape index (κ1) is 13.3. The van der Waals surface area contributed by atoms with Gasteiger partial charge in [0.25, 0.3) is 0 Å². The second kappa shape index (κ2) is 6.74. The summed E-state index contributed by atoms with van der Waals surface area (Å²) in [5.74, 6) is -0.731. The zero-order valence-corrected chi connectivity index (χ0v) is 10.0. The van der Waals surface area contributed by atoms with E-state index >= 15 is 0 Å². The van der Waals surface area contributed by atoms with Crippen LogP contribution in [0.15, 0.2) is 0 Å². The van der Waals surface area contributed by atoms with Crippen molar-refractivity contribution in [3.8, 4) is 0 Å². The number of hydrogen-bond acceptors (Lipinski definition) is 6. The Morgan fingerprint density at radius 3 is 2.88 bits per heavy atom. The molecule has 0 aliphatic rings. The first-order valence-electron chi connectivity index (χ1n) is 4.99. The maximum Gasteiger partial charge on any atom is 0.321 e. The van der Waals surface area contributed by atoms with E-state index in [4.69, 9.17) is 5.11 Å². The van der Waals surface area contributed by atoms with Crippen LogP contribution >= 0.6 is 11.5 Å². The molecular formula is C8H13N5O3S. The number of carbonyl (C=O) groups excluding carboxylic acids is 1. The van der Waals surface area contributed by atoms with Gasteiger partial charge in [0.2, 0.25) is 5.13 Å². The fourth-order valence-corrected chi connectivity index (χ4v) is 1.42. The first-order valence-corrected chi connectivity index (χ1v) is 5.77. The highest BCUT2D eigenvalue weighted by molar-refractivity contribution is 7.09. The Balaban J connectivity index is 2.17. The smallest absolute Gasteiger partial charge is 0.321 e. The van der Waals surface area contributed by atoms with Crippen LogP contribution in [0.25, 0.3) is 0 Å². The number of aromatic nitrogens is 3. The van der Waals surface area contributed by atoms with Crippen LogP contribution in [0.4, 0.5) is 9.93 Å². The molecular weight excluding hydrogens is 246 g/mol. The van der Waals surface area contributed by atoms with Crippen LogP contribution in [0, 0.1) is 5.92 Å². The fraction of sp³-hybridized carbons (Fsp3) is 0.625. The average molecular weight is 259 g/mol. The van der Waals surface area contributed by atoms with Crippen LogP contribution in [-0.2, 0) is 4.79 Å². The van der Waals surface area contributed by atoms with Crippen LogP contribution in [0.5, 0.6) is 0 Å². The lowest BCUT2D eigenvalue weighted by atomic mass is 10.1. The first-order chi connectivity index (χ1) is 8.08. The van der Waals surface area contributed by atoms with E-state index < -0.39 is 12.0 Å². The quantitative estimate of drug-likeness (QED) is 0.687. The normalized spacial score (nSPS) is 11.8. The molecule has 1 heterocycles. The van der Waals surface area contributed by atoms with Crippen molar-refractivity contribution in [2.24, 2.45) is 5.92 Å². The number of nitrogens with zero attached hydrogens (tertiary/aromatic N) is 3. The number of urea groups is 1. The summed E-state index contributed by atoms with van der Waals surface area (Å²) in [7, 11) is 0. The van der Waals surface area contributed by atoms with Gasteiger partial charge in [0.1, 0.15) is 0 Å². The van der Waals surface area contributed by atoms with Gasteiger partial charge >= 0.3 is 12.0 Å². The highest BCUT2D eigenvalue weighted by atomic mass is 32.1. The minimum Gasteiger partial charge on any atom is -0.481 e. The van der Waals surface area contributed by atoms with E-state index in [0.29, 0.717) is 18.1 Å². The largest absolute Gasteiger partial charge is 0.481 e. The van der Waals surface area contributed by atoms with Gasteiger partial charge in [-0.25, -0.2) is 4.79 Å². The van der Waals surface area contributed by atoms with Gasteiger partial charge in [-0.05, 0) is 17.6 Å². The molecule has 1 rings (SSSR count). The van der Waals surface area contributed by atoms with Crippen LogP contribution < -0.4 is 10.6 Å². The summed E-state index contributed by atoms with van der Waals surface area (Å²) in [6.45, 7) is 2.28. The number of carboxylic acid groups (broad SMARTS) is 1. The monoisotopic (exact) mass is 259 g/mol. The minimum absolute atomic E-state index is 0.101. The number of anilines is 1. The average Bonchev–Trinajstić information content (AvgIpc) is 2.76. The van der Waals surface area contributed by atoms with Crippen molar-refractivity contribution in [1.29, 1.82) is 0 Å². The molecule has 3 N–H and O–H groups in total. The highest BCUT2D eigenvalue weighted by Gasteiger charge is 2.08. The lowest BCUT2D eigenvalue weighted by Gasteiger charge is -2.10. The predicted molar refractivity (Wildman–Crippen MR) is 60.8 cm³/mol. The third-order valence-corrected chi connectivity index (χ3v) is 2.49. The van der Waals surface area contributed by atoms with E-state index in [0.717, 1.165) is 11.5 Å². The van der Waals surface area contributed by atoms with E-state index in [2.05, 4.69) is 25.4 Å². The SMILES string of the molecule is CC(CCC(=O)O)CNC(=O)Nc1nnns1. The number of amides is 2. The lowest BCUT2D eigenvalue weighted by Crippen LogP contribution is -2.32. The molecule has 0 spiro atoms. The highest BCUT2D eigenvalue weighted by Crippen LogP contribution is 2.05. The Labute approximate surface area is 102 Å². The van der Waals surface area contributed by atoms with Gasteiger partial charge in [-0.2, -0.15) is 0 Å². The minimum atomic E-state index is -0.832. The molecule has 8 nitrogen and oxygen atoms in total. The van der Waals surface area contributed by atoms with Crippen molar-refractivity contribution in [3.05, 3.63) is 0 Å². The molecule has 1 aromatic heterocycles. The molecule has 0 radical (unpaired) electrons. The molecule has 0 aliphatic carbocycles. The molecule has 0 aromatic carbocycles. The lowest BCUT2D eigenvalue weighted by molar-refractivity contribution is -0.137. The Hall–Kier alpha value is -1.77. The number of hydrogen-bond donors (Lipinski definition) is 3. The summed E-state index contributed by atoms with van der Waals surface area (Å²) >= 11 is 0.978. The van der Waals surface area contributed by atoms with E-state index in [1.807, 2.05) is 6.92 Å². The Kier molecular flexibility index (Phi) is 5.27. The molecule has 1 atom stereocenters. The number of aliphatic carboxylic acids is 1. The van der Waals surface area contributed by atoms with Crippen LogP contribution in [0.1, 0.15) is 19.8 Å². The van der Waals surface area contributed by atoms with Crippen LogP contribution in [0.2, 0.25) is 0 Å². The standard InChI is InChI=1S/C8H13N5O3S/c1-5(2-3-6(14)15)4-9-7(16)10-8-11-12-13-17-8/h5H,2-4H2,1H3,(H,14,15)(H2,9,10,11,13,16). The third kappa shape index (κ3) is 5.76. The van der Waals surface area contributed by atoms with Crippen molar-refractivity contribution in [1.82, 2.24) is 20.1 Å². The summed E-state index contributed by atoms with van der Waals surface area (Å²) in [5, 5.41) is 20.8. The van der Waals surface area contributed by atoms with Gasteiger partial charge in [-0.3, -0.25) is 10.1 Å². The zero-order valence-electron chi connectivity index (χ0n) is 9.21. The van der Waals surface area contributed by atoms with Crippen LogP contribution in [-0.4, -0.2) is 38.5 Å². The number of carboxylic acids is 1. The second-order valence-corrected chi connectivity index (χ2v) is 4.27. The van der Waals surface area contributed by atoms with Crippen molar-refractivity contribution in [2.75, 3.05) is 11.9 Å². The fourth-order valence-electron chi connectivity index (χ4n) is 1.06. The van der Waals surface area contributed by atoms with Gasteiger partial charge < -0.3 is 10.4 Å². The number of carbonyl (C=O) groups is 2. The van der Waals surface area contributed by atoms with Gasteiger partial charge in [0.05, 0.1) is 0 Å². The Bertz CT molecular complexity index is 369. The van der Waals surface area contributed by atoms with E-state index in [1.54, 1.807) is 0 Å². The molecule has 94 valence electrons. The topological polar surface area (TPSA) is 117 Å².